The lowest BCUT2D eigenvalue weighted by atomic mass is 10.1. The van der Waals surface area contributed by atoms with Gasteiger partial charge in [0.2, 0.25) is 5.95 Å². The molecule has 0 saturated heterocycles. The summed E-state index contributed by atoms with van der Waals surface area (Å²) in [5.41, 5.74) is 1.58. The van der Waals surface area contributed by atoms with Gasteiger partial charge in [-0.25, -0.2) is 13.4 Å². The van der Waals surface area contributed by atoms with Gasteiger partial charge in [0.25, 0.3) is 0 Å². The van der Waals surface area contributed by atoms with Crippen molar-refractivity contribution in [2.45, 2.75) is 30.2 Å². The molecule has 146 valence electrons. The summed E-state index contributed by atoms with van der Waals surface area (Å²) in [4.78, 5) is 20.0. The first-order valence-corrected chi connectivity index (χ1v) is 10.6. The van der Waals surface area contributed by atoms with Crippen LogP contribution >= 0.6 is 0 Å². The van der Waals surface area contributed by atoms with E-state index in [0.29, 0.717) is 35.6 Å². The largest absolute Gasteiger partial charge is 0.481 e. The number of aliphatic carboxylic acids is 1. The highest BCUT2D eigenvalue weighted by molar-refractivity contribution is 7.90. The second-order valence-electron chi connectivity index (χ2n) is 6.86. The number of carboxylic acids is 1. The van der Waals surface area contributed by atoms with Gasteiger partial charge in [0, 0.05) is 12.3 Å². The summed E-state index contributed by atoms with van der Waals surface area (Å²) in [5, 5.41) is 20.4. The molecule has 0 unspecified atom stereocenters. The predicted molar refractivity (Wildman–Crippen MR) is 100.0 cm³/mol. The molecule has 10 nitrogen and oxygen atoms in total. The lowest BCUT2D eigenvalue weighted by molar-refractivity contribution is -0.141. The van der Waals surface area contributed by atoms with Gasteiger partial charge in [0.15, 0.2) is 21.0 Å². The molecule has 0 radical (unpaired) electrons. The number of sulfone groups is 1. The summed E-state index contributed by atoms with van der Waals surface area (Å²) < 4.78 is 24.7. The molecule has 0 spiro atoms. The van der Waals surface area contributed by atoms with Crippen LogP contribution in [0.15, 0.2) is 35.4 Å². The van der Waals surface area contributed by atoms with Crippen molar-refractivity contribution in [3.63, 3.8) is 0 Å². The van der Waals surface area contributed by atoms with Crippen LogP contribution in [0, 0.1) is 5.92 Å². The minimum atomic E-state index is -3.28. The molecule has 2 N–H and O–H groups in total. The van der Waals surface area contributed by atoms with Crippen LogP contribution in [0.3, 0.4) is 0 Å². The maximum atomic E-state index is 11.6. The zero-order valence-corrected chi connectivity index (χ0v) is 15.8. The van der Waals surface area contributed by atoms with Gasteiger partial charge in [0.05, 0.1) is 22.7 Å². The monoisotopic (exact) mass is 402 g/mol. The molecule has 0 amide bonds. The number of nitrogens with one attached hydrogen (secondary N) is 1. The average molecular weight is 402 g/mol. The first kappa shape index (κ1) is 18.3. The molecule has 2 atom stereocenters. The van der Waals surface area contributed by atoms with E-state index in [1.165, 1.54) is 16.8 Å². The summed E-state index contributed by atoms with van der Waals surface area (Å²) in [6.45, 7) is 0. The Labute approximate surface area is 160 Å². The van der Waals surface area contributed by atoms with Crippen LogP contribution in [0.2, 0.25) is 0 Å². The summed E-state index contributed by atoms with van der Waals surface area (Å²) in [6, 6.07) is 6.27. The molecule has 1 aromatic carbocycles. The summed E-state index contributed by atoms with van der Waals surface area (Å²) >= 11 is 0. The summed E-state index contributed by atoms with van der Waals surface area (Å²) in [7, 11) is -3.28. The van der Waals surface area contributed by atoms with Crippen molar-refractivity contribution >= 4 is 32.9 Å². The Balaban J connectivity index is 1.61. The SMILES string of the molecule is CS(=O)(=O)c1ccc(-n2nnc3cnc(N[C@@H]4CC[C@@H](C(=O)O)C4)nc32)cc1. The van der Waals surface area contributed by atoms with Crippen LogP contribution in [-0.4, -0.2) is 56.8 Å². The van der Waals surface area contributed by atoms with Crippen molar-refractivity contribution in [2.24, 2.45) is 5.92 Å². The van der Waals surface area contributed by atoms with Gasteiger partial charge in [0.1, 0.15) is 0 Å². The van der Waals surface area contributed by atoms with Gasteiger partial charge >= 0.3 is 5.97 Å². The fourth-order valence-corrected chi connectivity index (χ4v) is 3.96. The van der Waals surface area contributed by atoms with Crippen molar-refractivity contribution in [1.29, 1.82) is 0 Å². The summed E-state index contributed by atoms with van der Waals surface area (Å²) in [6.07, 6.45) is 4.59. The third-order valence-corrected chi connectivity index (χ3v) is 5.95. The third-order valence-electron chi connectivity index (χ3n) is 4.82. The van der Waals surface area contributed by atoms with Crippen molar-refractivity contribution in [3.8, 4) is 5.69 Å². The number of nitrogens with zero attached hydrogens (tertiary/aromatic N) is 5. The van der Waals surface area contributed by atoms with E-state index in [1.54, 1.807) is 18.3 Å². The number of benzene rings is 1. The highest BCUT2D eigenvalue weighted by Gasteiger charge is 2.30. The molecule has 3 aromatic rings. The van der Waals surface area contributed by atoms with Gasteiger partial charge in [-0.15, -0.1) is 5.10 Å². The molecule has 2 heterocycles. The number of hydrogen-bond donors (Lipinski definition) is 2. The molecule has 4 rings (SSSR count). The van der Waals surface area contributed by atoms with E-state index in [2.05, 4.69) is 25.6 Å². The normalized spacial score (nSPS) is 19.8. The molecular formula is C17H18N6O4S. The fourth-order valence-electron chi connectivity index (χ4n) is 3.33. The maximum Gasteiger partial charge on any atom is 0.306 e. The first-order chi connectivity index (χ1) is 13.3. The predicted octanol–water partition coefficient (Wildman–Crippen LogP) is 1.28. The van der Waals surface area contributed by atoms with E-state index >= 15 is 0 Å². The van der Waals surface area contributed by atoms with Crippen LogP contribution in [0.5, 0.6) is 0 Å². The van der Waals surface area contributed by atoms with E-state index in [9.17, 15) is 13.2 Å². The zero-order valence-electron chi connectivity index (χ0n) is 15.0. The standard InChI is InChI=1S/C17H18N6O4S/c1-28(26,27)13-6-4-12(5-7-13)23-15-14(21-22-23)9-18-17(20-15)19-11-3-2-10(8-11)16(24)25/h4-7,9-11H,2-3,8H2,1H3,(H,24,25)(H,18,19,20)/t10-,11-/m1/s1. The van der Waals surface area contributed by atoms with E-state index in [4.69, 9.17) is 5.11 Å². The van der Waals surface area contributed by atoms with Crippen molar-refractivity contribution < 1.29 is 18.3 Å². The Morgan fingerprint density at radius 2 is 2.00 bits per heavy atom. The number of carboxylic acid groups (broad SMARTS) is 1. The molecule has 1 aliphatic carbocycles. The third kappa shape index (κ3) is 3.52. The van der Waals surface area contributed by atoms with Crippen LogP contribution in [-0.2, 0) is 14.6 Å². The lowest BCUT2D eigenvalue weighted by Crippen LogP contribution is -2.19. The molecule has 2 aromatic heterocycles. The molecule has 0 aliphatic heterocycles. The van der Waals surface area contributed by atoms with Crippen LogP contribution < -0.4 is 5.32 Å². The number of hydrogen-bond acceptors (Lipinski definition) is 8. The van der Waals surface area contributed by atoms with E-state index in [1.807, 2.05) is 0 Å². The Morgan fingerprint density at radius 1 is 1.25 bits per heavy atom. The van der Waals surface area contributed by atoms with Crippen LogP contribution in [0.25, 0.3) is 16.9 Å². The topological polar surface area (TPSA) is 140 Å². The van der Waals surface area contributed by atoms with E-state index in [-0.39, 0.29) is 16.9 Å². The van der Waals surface area contributed by atoms with Crippen LogP contribution in [0.4, 0.5) is 5.95 Å². The number of rotatable bonds is 5. The zero-order chi connectivity index (χ0) is 19.9. The number of aromatic nitrogens is 5. The van der Waals surface area contributed by atoms with E-state index < -0.39 is 15.8 Å². The Hall–Kier alpha value is -3.08. The minimum Gasteiger partial charge on any atom is -0.481 e. The molecule has 0 bridgehead atoms. The lowest BCUT2D eigenvalue weighted by Gasteiger charge is -2.12. The molecular weight excluding hydrogens is 384 g/mol. The molecule has 1 fully saturated rings. The van der Waals surface area contributed by atoms with E-state index in [0.717, 1.165) is 12.7 Å². The Morgan fingerprint density at radius 3 is 2.64 bits per heavy atom. The molecule has 1 saturated carbocycles. The molecule has 28 heavy (non-hydrogen) atoms. The Bertz CT molecular complexity index is 1140. The molecule has 11 heteroatoms. The average Bonchev–Trinajstić information content (AvgIpc) is 3.28. The number of anilines is 1. The first-order valence-electron chi connectivity index (χ1n) is 8.69. The van der Waals surface area contributed by atoms with Gasteiger partial charge in [-0.05, 0) is 43.5 Å². The highest BCUT2D eigenvalue weighted by atomic mass is 32.2. The van der Waals surface area contributed by atoms with Gasteiger partial charge in [-0.2, -0.15) is 9.67 Å². The smallest absolute Gasteiger partial charge is 0.306 e. The van der Waals surface area contributed by atoms with Gasteiger partial charge in [-0.3, -0.25) is 4.79 Å². The van der Waals surface area contributed by atoms with Gasteiger partial charge < -0.3 is 10.4 Å². The number of carbonyl (C=O) groups is 1. The summed E-state index contributed by atoms with van der Waals surface area (Å²) in [5.74, 6) is -0.748. The second-order valence-corrected chi connectivity index (χ2v) is 8.87. The second kappa shape index (κ2) is 6.82. The quantitative estimate of drug-likeness (QED) is 0.645. The fraction of sp³-hybridized carbons (Fsp3) is 0.353. The van der Waals surface area contributed by atoms with Crippen molar-refractivity contribution in [1.82, 2.24) is 25.0 Å². The highest BCUT2D eigenvalue weighted by Crippen LogP contribution is 2.28. The molecule has 1 aliphatic rings. The minimum absolute atomic E-state index is 0.00285. The Kier molecular flexibility index (Phi) is 4.46. The van der Waals surface area contributed by atoms with Gasteiger partial charge in [-0.1, -0.05) is 5.21 Å². The van der Waals surface area contributed by atoms with Crippen molar-refractivity contribution in [2.75, 3.05) is 11.6 Å². The van der Waals surface area contributed by atoms with Crippen LogP contribution in [0.1, 0.15) is 19.3 Å². The van der Waals surface area contributed by atoms with Crippen molar-refractivity contribution in [3.05, 3.63) is 30.5 Å². The maximum absolute atomic E-state index is 11.6. The number of fused-ring (bicyclic) bond motifs is 1.